The molecule has 1 aliphatic rings. The first-order valence-electron chi connectivity index (χ1n) is 9.64. The van der Waals surface area contributed by atoms with E-state index in [0.29, 0.717) is 29.5 Å². The van der Waals surface area contributed by atoms with Gasteiger partial charge < -0.3 is 16.4 Å². The average Bonchev–Trinajstić information content (AvgIpc) is 3.17. The Morgan fingerprint density at radius 1 is 1.07 bits per heavy atom. The number of fused-ring (bicyclic) bond motifs is 1. The zero-order valence-electron chi connectivity index (χ0n) is 16.2. The van der Waals surface area contributed by atoms with E-state index in [1.165, 1.54) is 12.3 Å². The number of rotatable bonds is 5. The molecule has 0 unspecified atom stereocenters. The van der Waals surface area contributed by atoms with Crippen LogP contribution in [0.25, 0.3) is 0 Å². The van der Waals surface area contributed by atoms with Gasteiger partial charge in [-0.15, -0.1) is 0 Å². The first kappa shape index (κ1) is 19.6. The number of amides is 2. The van der Waals surface area contributed by atoms with Crippen LogP contribution in [0, 0.1) is 5.82 Å². The number of hydrogen-bond donors (Lipinski definition) is 2. The van der Waals surface area contributed by atoms with E-state index in [-0.39, 0.29) is 35.7 Å². The van der Waals surface area contributed by atoms with Gasteiger partial charge in [0.1, 0.15) is 11.6 Å². The number of hydrogen-bond acceptors (Lipinski definition) is 4. The van der Waals surface area contributed by atoms with Gasteiger partial charge in [0.15, 0.2) is 0 Å². The molecular weight excluding hydrogens is 383 g/mol. The minimum atomic E-state index is -0.572. The number of pyridine rings is 1. The standard InChI is InChI=1S/C23H21FN4O2/c24-19-9-3-7-17-16(19)10-11-20(17)28(23(30)18-8-4-12-27-21(18)25)13-14-5-1-2-6-15(14)22(26)29/h1-9,12,20H,10-11,13H2,(H2,25,27)(H2,26,29)/t20-/m1/s1. The number of carbonyl (C=O) groups is 2. The Hall–Kier alpha value is -3.74. The Balaban J connectivity index is 1.79. The number of carbonyl (C=O) groups excluding carboxylic acids is 2. The van der Waals surface area contributed by atoms with Gasteiger partial charge in [0.2, 0.25) is 5.91 Å². The second-order valence-corrected chi connectivity index (χ2v) is 7.25. The van der Waals surface area contributed by atoms with E-state index in [0.717, 1.165) is 5.56 Å². The first-order valence-corrected chi connectivity index (χ1v) is 9.64. The third-order valence-corrected chi connectivity index (χ3v) is 5.51. The van der Waals surface area contributed by atoms with Gasteiger partial charge in [0.05, 0.1) is 11.6 Å². The van der Waals surface area contributed by atoms with Crippen LogP contribution in [0.2, 0.25) is 0 Å². The molecule has 2 aromatic carbocycles. The summed E-state index contributed by atoms with van der Waals surface area (Å²) in [5, 5.41) is 0. The topological polar surface area (TPSA) is 102 Å². The summed E-state index contributed by atoms with van der Waals surface area (Å²) in [4.78, 5) is 31.1. The van der Waals surface area contributed by atoms with Crippen molar-refractivity contribution < 1.29 is 14.0 Å². The molecule has 1 aromatic heterocycles. The number of nitrogens with zero attached hydrogens (tertiary/aromatic N) is 2. The third-order valence-electron chi connectivity index (χ3n) is 5.51. The fourth-order valence-corrected chi connectivity index (χ4v) is 4.07. The number of benzene rings is 2. The van der Waals surface area contributed by atoms with Crippen LogP contribution in [-0.4, -0.2) is 21.7 Å². The van der Waals surface area contributed by atoms with Crippen molar-refractivity contribution in [3.63, 3.8) is 0 Å². The van der Waals surface area contributed by atoms with Crippen LogP contribution in [-0.2, 0) is 13.0 Å². The lowest BCUT2D eigenvalue weighted by molar-refractivity contribution is 0.0657. The number of nitrogens with two attached hydrogens (primary N) is 2. The molecule has 3 aromatic rings. The Labute approximate surface area is 173 Å². The minimum absolute atomic E-state index is 0.119. The Morgan fingerprint density at radius 3 is 2.60 bits per heavy atom. The monoisotopic (exact) mass is 404 g/mol. The second-order valence-electron chi connectivity index (χ2n) is 7.25. The van der Waals surface area contributed by atoms with E-state index in [2.05, 4.69) is 4.98 Å². The fourth-order valence-electron chi connectivity index (χ4n) is 4.07. The van der Waals surface area contributed by atoms with E-state index in [4.69, 9.17) is 11.5 Å². The van der Waals surface area contributed by atoms with Crippen LogP contribution in [0.1, 0.15) is 49.9 Å². The molecule has 4 rings (SSSR count). The van der Waals surface area contributed by atoms with Crippen LogP contribution in [0.3, 0.4) is 0 Å². The Kier molecular flexibility index (Phi) is 5.18. The molecule has 0 bridgehead atoms. The third kappa shape index (κ3) is 3.50. The van der Waals surface area contributed by atoms with Crippen molar-refractivity contribution in [2.45, 2.75) is 25.4 Å². The quantitative estimate of drug-likeness (QED) is 0.681. The van der Waals surface area contributed by atoms with Crippen molar-refractivity contribution >= 4 is 17.6 Å². The molecular formula is C23H21FN4O2. The Morgan fingerprint density at radius 2 is 1.83 bits per heavy atom. The van der Waals surface area contributed by atoms with Crippen LogP contribution >= 0.6 is 0 Å². The summed E-state index contributed by atoms with van der Waals surface area (Å²) in [6.07, 6.45) is 2.61. The highest BCUT2D eigenvalue weighted by atomic mass is 19.1. The number of anilines is 1. The van der Waals surface area contributed by atoms with Crippen LogP contribution in [0.4, 0.5) is 10.2 Å². The first-order chi connectivity index (χ1) is 14.5. The molecule has 0 aliphatic heterocycles. The Bertz CT molecular complexity index is 1130. The maximum atomic E-state index is 14.3. The molecule has 2 amide bonds. The van der Waals surface area contributed by atoms with Gasteiger partial charge >= 0.3 is 0 Å². The zero-order chi connectivity index (χ0) is 21.3. The van der Waals surface area contributed by atoms with E-state index < -0.39 is 5.91 Å². The summed E-state index contributed by atoms with van der Waals surface area (Å²) in [6.45, 7) is 0.132. The highest BCUT2D eigenvalue weighted by molar-refractivity contribution is 5.99. The lowest BCUT2D eigenvalue weighted by atomic mass is 10.0. The maximum absolute atomic E-state index is 14.3. The SMILES string of the molecule is NC(=O)c1ccccc1CN(C(=O)c1cccnc1N)[C@@H]1CCc2c(F)cccc21. The fraction of sp³-hybridized carbons (Fsp3) is 0.174. The van der Waals surface area contributed by atoms with Crippen molar-refractivity contribution in [3.05, 3.63) is 94.4 Å². The largest absolute Gasteiger partial charge is 0.383 e. The molecule has 0 saturated carbocycles. The van der Waals surface area contributed by atoms with Gasteiger partial charge in [-0.1, -0.05) is 30.3 Å². The summed E-state index contributed by atoms with van der Waals surface area (Å²) in [5.41, 5.74) is 14.1. The summed E-state index contributed by atoms with van der Waals surface area (Å²) in [5.74, 6) is -1.06. The van der Waals surface area contributed by atoms with Gasteiger partial charge in [0, 0.05) is 18.3 Å². The van der Waals surface area contributed by atoms with Gasteiger partial charge in [-0.25, -0.2) is 9.37 Å². The van der Waals surface area contributed by atoms with Crippen LogP contribution < -0.4 is 11.5 Å². The molecule has 0 radical (unpaired) electrons. The molecule has 1 aliphatic carbocycles. The molecule has 0 fully saturated rings. The van der Waals surface area contributed by atoms with Crippen molar-refractivity contribution in [2.24, 2.45) is 5.73 Å². The number of aromatic nitrogens is 1. The number of nitrogen functional groups attached to an aromatic ring is 1. The molecule has 1 atom stereocenters. The highest BCUT2D eigenvalue weighted by Crippen LogP contribution is 2.39. The molecule has 152 valence electrons. The molecule has 0 spiro atoms. The normalized spacial score (nSPS) is 14.9. The maximum Gasteiger partial charge on any atom is 0.258 e. The van der Waals surface area contributed by atoms with E-state index in [9.17, 15) is 14.0 Å². The number of primary amides is 1. The summed E-state index contributed by atoms with van der Waals surface area (Å²) in [6, 6.07) is 14.7. The van der Waals surface area contributed by atoms with Crippen LogP contribution in [0.5, 0.6) is 0 Å². The van der Waals surface area contributed by atoms with E-state index in [1.54, 1.807) is 47.4 Å². The molecule has 1 heterocycles. The summed E-state index contributed by atoms with van der Waals surface area (Å²) in [7, 11) is 0. The summed E-state index contributed by atoms with van der Waals surface area (Å²) >= 11 is 0. The lowest BCUT2D eigenvalue weighted by Crippen LogP contribution is -2.35. The molecule has 30 heavy (non-hydrogen) atoms. The van der Waals surface area contributed by atoms with Gasteiger partial charge in [-0.05, 0) is 53.8 Å². The van der Waals surface area contributed by atoms with E-state index in [1.807, 2.05) is 6.07 Å². The molecule has 6 nitrogen and oxygen atoms in total. The van der Waals surface area contributed by atoms with E-state index >= 15 is 0 Å². The van der Waals surface area contributed by atoms with Gasteiger partial charge in [0.25, 0.3) is 5.91 Å². The molecule has 4 N–H and O–H groups in total. The van der Waals surface area contributed by atoms with Crippen molar-refractivity contribution in [1.29, 1.82) is 0 Å². The predicted molar refractivity (Wildman–Crippen MR) is 111 cm³/mol. The van der Waals surface area contributed by atoms with Crippen LogP contribution in [0.15, 0.2) is 60.8 Å². The number of halogens is 1. The molecule has 7 heteroatoms. The molecule has 0 saturated heterocycles. The zero-order valence-corrected chi connectivity index (χ0v) is 16.2. The average molecular weight is 404 g/mol. The highest BCUT2D eigenvalue weighted by Gasteiger charge is 2.34. The lowest BCUT2D eigenvalue weighted by Gasteiger charge is -2.31. The van der Waals surface area contributed by atoms with Gasteiger partial charge in [-0.3, -0.25) is 9.59 Å². The second kappa shape index (κ2) is 7.94. The van der Waals surface area contributed by atoms with Crippen molar-refractivity contribution in [1.82, 2.24) is 9.88 Å². The van der Waals surface area contributed by atoms with Crippen molar-refractivity contribution in [2.75, 3.05) is 5.73 Å². The minimum Gasteiger partial charge on any atom is -0.383 e. The van der Waals surface area contributed by atoms with Gasteiger partial charge in [-0.2, -0.15) is 0 Å². The van der Waals surface area contributed by atoms with Crippen molar-refractivity contribution in [3.8, 4) is 0 Å². The predicted octanol–water partition coefficient (Wildman–Crippen LogP) is 3.23. The smallest absolute Gasteiger partial charge is 0.258 e. The summed E-state index contributed by atoms with van der Waals surface area (Å²) < 4.78 is 14.3.